The minimum Gasteiger partial charge on any atom is -0.480 e. The number of imide groups is 2. The molecule has 0 bridgehead atoms. The third kappa shape index (κ3) is 8.23. The number of hydrogen-bond acceptors (Lipinski definition) is 10. The van der Waals surface area contributed by atoms with Gasteiger partial charge in [-0.05, 0) is 35.4 Å². The van der Waals surface area contributed by atoms with Crippen LogP contribution in [0.4, 0.5) is 0 Å². The number of fused-ring (bicyclic) bond motifs is 2. The quantitative estimate of drug-likeness (QED) is 0.163. The predicted molar refractivity (Wildman–Crippen MR) is 178 cm³/mol. The lowest BCUT2D eigenvalue weighted by atomic mass is 10.1. The summed E-state index contributed by atoms with van der Waals surface area (Å²) in [5.41, 5.74) is 2.39. The molecule has 2 atom stereocenters. The SMILES string of the molecule is O=C(C[C@@H](C(=O)O)N1C(=O)c2ccccc2C1=O)OCc1ccccc1.O=C(C[C@@H](CO)N1C(=O)c2ccccc2C1=O)OCc1ccccc1. The minimum absolute atomic E-state index is 0.0197. The fourth-order valence-corrected chi connectivity index (χ4v) is 5.50. The van der Waals surface area contributed by atoms with Crippen LogP contribution in [-0.4, -0.2) is 80.2 Å². The summed E-state index contributed by atoms with van der Waals surface area (Å²) in [6.45, 7) is -0.431. The summed E-state index contributed by atoms with van der Waals surface area (Å²) in [5.74, 6) is -5.30. The van der Waals surface area contributed by atoms with E-state index in [9.17, 15) is 43.8 Å². The molecule has 0 fully saturated rings. The number of carboxylic acids is 1. The zero-order chi connectivity index (χ0) is 36.5. The Labute approximate surface area is 291 Å². The lowest BCUT2D eigenvalue weighted by Crippen LogP contribution is -2.46. The highest BCUT2D eigenvalue weighted by Gasteiger charge is 2.44. The van der Waals surface area contributed by atoms with Crippen molar-refractivity contribution < 1.29 is 53.2 Å². The van der Waals surface area contributed by atoms with Crippen molar-refractivity contribution >= 4 is 41.5 Å². The highest BCUT2D eigenvalue weighted by molar-refractivity contribution is 6.23. The van der Waals surface area contributed by atoms with Crippen LogP contribution in [0.2, 0.25) is 0 Å². The smallest absolute Gasteiger partial charge is 0.327 e. The third-order valence-corrected chi connectivity index (χ3v) is 8.07. The first-order valence-electron chi connectivity index (χ1n) is 15.8. The number of aliphatic hydroxyl groups is 1. The Hall–Kier alpha value is -6.47. The fourth-order valence-electron chi connectivity index (χ4n) is 5.50. The van der Waals surface area contributed by atoms with Gasteiger partial charge in [0.15, 0.2) is 0 Å². The van der Waals surface area contributed by atoms with E-state index >= 15 is 0 Å². The first kappa shape index (κ1) is 35.8. The maximum absolute atomic E-state index is 12.4. The maximum Gasteiger partial charge on any atom is 0.327 e. The minimum atomic E-state index is -1.62. The van der Waals surface area contributed by atoms with E-state index < -0.39 is 66.6 Å². The van der Waals surface area contributed by atoms with Gasteiger partial charge in [0.1, 0.15) is 19.3 Å². The first-order valence-corrected chi connectivity index (χ1v) is 15.8. The van der Waals surface area contributed by atoms with Gasteiger partial charge in [-0.3, -0.25) is 38.6 Å². The Morgan fingerprint density at radius 2 is 0.882 bits per heavy atom. The van der Waals surface area contributed by atoms with Gasteiger partial charge in [0.05, 0.1) is 47.7 Å². The van der Waals surface area contributed by atoms with Gasteiger partial charge in [-0.25, -0.2) is 4.79 Å². The van der Waals surface area contributed by atoms with E-state index in [2.05, 4.69) is 0 Å². The molecule has 0 saturated heterocycles. The van der Waals surface area contributed by atoms with Crippen molar-refractivity contribution in [3.05, 3.63) is 143 Å². The molecule has 4 aromatic carbocycles. The van der Waals surface area contributed by atoms with Crippen molar-refractivity contribution in [2.45, 2.75) is 38.1 Å². The van der Waals surface area contributed by atoms with Crippen molar-refractivity contribution in [3.8, 4) is 0 Å². The highest BCUT2D eigenvalue weighted by atomic mass is 16.5. The number of carbonyl (C=O) groups is 7. The molecule has 13 nitrogen and oxygen atoms in total. The Morgan fingerprint density at radius 3 is 1.25 bits per heavy atom. The molecular weight excluding hydrogens is 660 g/mol. The van der Waals surface area contributed by atoms with Crippen molar-refractivity contribution in [1.29, 1.82) is 0 Å². The van der Waals surface area contributed by atoms with Gasteiger partial charge in [-0.2, -0.15) is 0 Å². The number of amides is 4. The summed E-state index contributed by atoms with van der Waals surface area (Å²) < 4.78 is 10.2. The summed E-state index contributed by atoms with van der Waals surface area (Å²) >= 11 is 0. The molecular formula is C38H32N2O11. The van der Waals surface area contributed by atoms with Crippen LogP contribution in [-0.2, 0) is 37.1 Å². The zero-order valence-corrected chi connectivity index (χ0v) is 27.0. The van der Waals surface area contributed by atoms with Gasteiger partial charge < -0.3 is 19.7 Å². The number of carboxylic acid groups (broad SMARTS) is 1. The second kappa shape index (κ2) is 16.3. The largest absolute Gasteiger partial charge is 0.480 e. The van der Waals surface area contributed by atoms with Crippen LogP contribution in [0.15, 0.2) is 109 Å². The number of aliphatic carboxylic acids is 1. The van der Waals surface area contributed by atoms with E-state index in [0.717, 1.165) is 16.0 Å². The van der Waals surface area contributed by atoms with E-state index in [-0.39, 0.29) is 41.9 Å². The lowest BCUT2D eigenvalue weighted by Gasteiger charge is -2.23. The molecule has 0 aliphatic carbocycles. The van der Waals surface area contributed by atoms with E-state index in [0.29, 0.717) is 4.90 Å². The second-order valence-corrected chi connectivity index (χ2v) is 11.4. The van der Waals surface area contributed by atoms with Crippen LogP contribution in [0.3, 0.4) is 0 Å². The molecule has 260 valence electrons. The first-order chi connectivity index (χ1) is 24.6. The van der Waals surface area contributed by atoms with Crippen molar-refractivity contribution in [3.63, 3.8) is 0 Å². The monoisotopic (exact) mass is 692 g/mol. The predicted octanol–water partition coefficient (Wildman–Crippen LogP) is 3.65. The molecule has 2 N–H and O–H groups in total. The molecule has 0 spiro atoms. The Kier molecular flexibility index (Phi) is 11.4. The topological polar surface area (TPSA) is 185 Å². The molecule has 0 radical (unpaired) electrons. The Morgan fingerprint density at radius 1 is 0.529 bits per heavy atom. The molecule has 51 heavy (non-hydrogen) atoms. The maximum atomic E-state index is 12.4. The number of aliphatic hydroxyl groups excluding tert-OH is 1. The summed E-state index contributed by atoms with van der Waals surface area (Å²) in [5, 5.41) is 19.0. The summed E-state index contributed by atoms with van der Waals surface area (Å²) in [7, 11) is 0. The van der Waals surface area contributed by atoms with Crippen LogP contribution in [0.1, 0.15) is 65.4 Å². The Bertz CT molecular complexity index is 1890. The number of carbonyl (C=O) groups excluding carboxylic acids is 6. The fraction of sp³-hybridized carbons (Fsp3) is 0.184. The molecule has 2 aliphatic rings. The molecule has 0 aromatic heterocycles. The van der Waals surface area contributed by atoms with Gasteiger partial charge in [0.25, 0.3) is 23.6 Å². The lowest BCUT2D eigenvalue weighted by molar-refractivity contribution is -0.152. The molecule has 6 rings (SSSR count). The van der Waals surface area contributed by atoms with Crippen LogP contribution >= 0.6 is 0 Å². The third-order valence-electron chi connectivity index (χ3n) is 8.07. The number of rotatable bonds is 12. The van der Waals surface area contributed by atoms with E-state index in [1.54, 1.807) is 60.7 Å². The molecule has 4 amide bonds. The molecule has 0 unspecified atom stereocenters. The van der Waals surface area contributed by atoms with Crippen molar-refractivity contribution in [1.82, 2.24) is 9.80 Å². The zero-order valence-electron chi connectivity index (χ0n) is 27.0. The number of benzene rings is 4. The summed E-state index contributed by atoms with van der Waals surface area (Å²) in [4.78, 5) is 86.8. The van der Waals surface area contributed by atoms with Crippen LogP contribution < -0.4 is 0 Å². The average molecular weight is 693 g/mol. The number of nitrogens with zero attached hydrogens (tertiary/aromatic N) is 2. The normalized spacial score (nSPS) is 14.2. The molecule has 13 heteroatoms. The standard InChI is InChI=1S/C19H15NO6.C19H17NO5/c21-16(26-11-12-6-2-1-3-7-12)10-15(19(24)25)20-17(22)13-8-4-5-9-14(13)18(20)23;21-11-14(10-17(22)25-12-13-6-2-1-3-7-13)20-18(23)15-8-4-5-9-16(15)19(20)24/h1-9,15H,10-11H2,(H,24,25);1-9,14,21H,10-12H2/t15-;14-/m00/s1. The average Bonchev–Trinajstić information content (AvgIpc) is 3.56. The molecule has 0 saturated carbocycles. The summed E-state index contributed by atoms with van der Waals surface area (Å²) in [6.07, 6.45) is -0.873. The summed E-state index contributed by atoms with van der Waals surface area (Å²) in [6, 6.07) is 28.0. The van der Waals surface area contributed by atoms with Gasteiger partial charge in [0, 0.05) is 0 Å². The number of hydrogen-bond donors (Lipinski definition) is 2. The van der Waals surface area contributed by atoms with E-state index in [1.807, 2.05) is 36.4 Å². The molecule has 4 aromatic rings. The number of ether oxygens (including phenoxy) is 2. The van der Waals surface area contributed by atoms with Crippen LogP contribution in [0.5, 0.6) is 0 Å². The second-order valence-electron chi connectivity index (χ2n) is 11.4. The van der Waals surface area contributed by atoms with Crippen LogP contribution in [0, 0.1) is 0 Å². The van der Waals surface area contributed by atoms with Gasteiger partial charge in [-0.15, -0.1) is 0 Å². The van der Waals surface area contributed by atoms with E-state index in [1.165, 1.54) is 12.1 Å². The molecule has 2 heterocycles. The van der Waals surface area contributed by atoms with Crippen molar-refractivity contribution in [2.75, 3.05) is 6.61 Å². The highest BCUT2D eigenvalue weighted by Crippen LogP contribution is 2.27. The van der Waals surface area contributed by atoms with Gasteiger partial charge in [-0.1, -0.05) is 84.9 Å². The molecule has 2 aliphatic heterocycles. The van der Waals surface area contributed by atoms with Gasteiger partial charge in [0.2, 0.25) is 0 Å². The number of esters is 2. The van der Waals surface area contributed by atoms with Gasteiger partial charge >= 0.3 is 17.9 Å². The van der Waals surface area contributed by atoms with Crippen LogP contribution in [0.25, 0.3) is 0 Å². The Balaban J connectivity index is 0.000000198. The van der Waals surface area contributed by atoms with E-state index in [4.69, 9.17) is 9.47 Å². The van der Waals surface area contributed by atoms with Crippen molar-refractivity contribution in [2.24, 2.45) is 0 Å².